The summed E-state index contributed by atoms with van der Waals surface area (Å²) in [7, 11) is 0. The number of benzene rings is 1. The van der Waals surface area contributed by atoms with Gasteiger partial charge in [0.25, 0.3) is 0 Å². The molecule has 2 heterocycles. The molecule has 0 radical (unpaired) electrons. The van der Waals surface area contributed by atoms with Gasteiger partial charge in [-0.05, 0) is 12.1 Å². The predicted octanol–water partition coefficient (Wildman–Crippen LogP) is 4.01. The highest BCUT2D eigenvalue weighted by Crippen LogP contribution is 2.33. The van der Waals surface area contributed by atoms with Gasteiger partial charge in [-0.2, -0.15) is 0 Å². The number of carbonyl (C=O) groups excluding carboxylic acids is 1. The van der Waals surface area contributed by atoms with E-state index in [2.05, 4.69) is 9.97 Å². The fraction of sp³-hybridized carbons (Fsp3) is 0. The van der Waals surface area contributed by atoms with Gasteiger partial charge in [-0.3, -0.25) is 4.79 Å². The second kappa shape index (κ2) is 4.64. The lowest BCUT2D eigenvalue weighted by atomic mass is 10.2. The number of fused-ring (bicyclic) bond motifs is 1. The molecule has 3 rings (SSSR count). The van der Waals surface area contributed by atoms with Crippen molar-refractivity contribution in [2.75, 3.05) is 0 Å². The van der Waals surface area contributed by atoms with Crippen molar-refractivity contribution in [3.63, 3.8) is 0 Å². The third-order valence-corrected chi connectivity index (χ3v) is 3.28. The van der Waals surface area contributed by atoms with E-state index in [1.807, 2.05) is 12.1 Å². The van der Waals surface area contributed by atoms with Gasteiger partial charge in [-0.15, -0.1) is 0 Å². The quantitative estimate of drug-likeness (QED) is 0.529. The summed E-state index contributed by atoms with van der Waals surface area (Å²) in [6.45, 7) is 0. The van der Waals surface area contributed by atoms with Gasteiger partial charge >= 0.3 is 0 Å². The highest BCUT2D eigenvalue weighted by Gasteiger charge is 2.16. The molecule has 0 N–H and O–H groups in total. The van der Waals surface area contributed by atoms with Gasteiger partial charge in [0, 0.05) is 5.39 Å². The molecule has 0 spiro atoms. The molecule has 0 saturated carbocycles. The molecule has 0 fully saturated rings. The second-order valence-electron chi connectivity index (χ2n) is 3.81. The molecule has 2 aromatic heterocycles. The summed E-state index contributed by atoms with van der Waals surface area (Å²) in [6.07, 6.45) is 1.88. The Hall–Kier alpha value is -1.91. The lowest BCUT2D eigenvalue weighted by Gasteiger charge is -2.00. The fourth-order valence-electron chi connectivity index (χ4n) is 1.82. The van der Waals surface area contributed by atoms with Gasteiger partial charge in [0.2, 0.25) is 0 Å². The maximum Gasteiger partial charge on any atom is 0.155 e. The first-order valence-electron chi connectivity index (χ1n) is 5.35. The molecule has 19 heavy (non-hydrogen) atoms. The van der Waals surface area contributed by atoms with E-state index in [1.165, 1.54) is 6.33 Å². The number of aromatic nitrogens is 2. The Morgan fingerprint density at radius 1 is 1.21 bits per heavy atom. The van der Waals surface area contributed by atoms with E-state index in [0.29, 0.717) is 28.3 Å². The summed E-state index contributed by atoms with van der Waals surface area (Å²) in [5, 5.41) is 1.41. The molecular weight excluding hydrogens is 287 g/mol. The number of furan rings is 1. The van der Waals surface area contributed by atoms with Crippen LogP contribution in [0.2, 0.25) is 10.2 Å². The Kier molecular flexibility index (Phi) is 2.97. The van der Waals surface area contributed by atoms with Crippen molar-refractivity contribution in [2.24, 2.45) is 0 Å². The molecule has 0 atom stereocenters. The highest BCUT2D eigenvalue weighted by molar-refractivity contribution is 6.35. The lowest BCUT2D eigenvalue weighted by molar-refractivity contribution is 0.112. The number of para-hydroxylation sites is 1. The average molecular weight is 293 g/mol. The van der Waals surface area contributed by atoms with Crippen molar-refractivity contribution in [3.8, 4) is 11.5 Å². The van der Waals surface area contributed by atoms with Crippen LogP contribution in [0.3, 0.4) is 0 Å². The third kappa shape index (κ3) is 1.99. The van der Waals surface area contributed by atoms with Gasteiger partial charge in [-0.25, -0.2) is 9.97 Å². The minimum atomic E-state index is 0.0894. The monoisotopic (exact) mass is 292 g/mol. The largest absolute Gasteiger partial charge is 0.453 e. The molecule has 94 valence electrons. The molecule has 0 saturated heterocycles. The first kappa shape index (κ1) is 12.1. The van der Waals surface area contributed by atoms with Crippen LogP contribution in [0.15, 0.2) is 35.0 Å². The zero-order chi connectivity index (χ0) is 13.4. The molecule has 0 unspecified atom stereocenters. The topological polar surface area (TPSA) is 56.0 Å². The minimum Gasteiger partial charge on any atom is -0.453 e. The molecule has 6 heteroatoms. The van der Waals surface area contributed by atoms with E-state index in [4.69, 9.17) is 27.6 Å². The Labute approximate surface area is 118 Å². The summed E-state index contributed by atoms with van der Waals surface area (Å²) in [4.78, 5) is 18.9. The molecule has 3 aromatic rings. The summed E-state index contributed by atoms with van der Waals surface area (Å²) in [5.74, 6) is 0.425. The van der Waals surface area contributed by atoms with Crippen LogP contribution in [0.25, 0.3) is 22.4 Å². The molecule has 0 amide bonds. The number of hydrogen-bond donors (Lipinski definition) is 0. The van der Waals surface area contributed by atoms with E-state index in [0.717, 1.165) is 5.39 Å². The molecule has 0 bridgehead atoms. The summed E-state index contributed by atoms with van der Waals surface area (Å²) in [6, 6.07) is 7.16. The number of aldehydes is 1. The highest BCUT2D eigenvalue weighted by atomic mass is 35.5. The van der Waals surface area contributed by atoms with Crippen molar-refractivity contribution in [1.82, 2.24) is 9.97 Å². The third-order valence-electron chi connectivity index (χ3n) is 2.68. The Morgan fingerprint density at radius 2 is 2.05 bits per heavy atom. The van der Waals surface area contributed by atoms with Crippen molar-refractivity contribution >= 4 is 40.5 Å². The van der Waals surface area contributed by atoms with Crippen LogP contribution < -0.4 is 0 Å². The van der Waals surface area contributed by atoms with Crippen LogP contribution in [0.4, 0.5) is 0 Å². The van der Waals surface area contributed by atoms with E-state index in [1.54, 1.807) is 12.1 Å². The van der Waals surface area contributed by atoms with E-state index < -0.39 is 0 Å². The van der Waals surface area contributed by atoms with Crippen LogP contribution in [0.5, 0.6) is 0 Å². The SMILES string of the molecule is O=Cc1c(Cl)ncnc1-c1cc2cccc(Cl)c2o1. The average Bonchev–Trinajstić information content (AvgIpc) is 2.84. The van der Waals surface area contributed by atoms with Gasteiger partial charge in [-0.1, -0.05) is 35.3 Å². The second-order valence-corrected chi connectivity index (χ2v) is 4.58. The molecule has 0 aliphatic heterocycles. The van der Waals surface area contributed by atoms with Crippen molar-refractivity contribution in [1.29, 1.82) is 0 Å². The number of halogens is 2. The number of carbonyl (C=O) groups is 1. The Balaban J connectivity index is 2.28. The normalized spacial score (nSPS) is 10.8. The molecular formula is C13H6Cl2N2O2. The van der Waals surface area contributed by atoms with Gasteiger partial charge < -0.3 is 4.42 Å². The number of nitrogens with zero attached hydrogens (tertiary/aromatic N) is 2. The van der Waals surface area contributed by atoms with E-state index in [-0.39, 0.29) is 10.7 Å². The molecule has 0 aliphatic rings. The van der Waals surface area contributed by atoms with Crippen molar-refractivity contribution in [3.05, 3.63) is 46.3 Å². The predicted molar refractivity (Wildman–Crippen MR) is 72.6 cm³/mol. The smallest absolute Gasteiger partial charge is 0.155 e. The van der Waals surface area contributed by atoms with Crippen LogP contribution in [-0.2, 0) is 0 Å². The number of rotatable bonds is 2. The Bertz CT molecular complexity index is 783. The fourth-order valence-corrected chi connectivity index (χ4v) is 2.22. The lowest BCUT2D eigenvalue weighted by Crippen LogP contribution is -1.94. The van der Waals surface area contributed by atoms with Crippen LogP contribution in [0.1, 0.15) is 10.4 Å². The molecule has 4 nitrogen and oxygen atoms in total. The first-order valence-corrected chi connectivity index (χ1v) is 6.10. The summed E-state index contributed by atoms with van der Waals surface area (Å²) >= 11 is 11.9. The first-order chi connectivity index (χ1) is 9.20. The van der Waals surface area contributed by atoms with E-state index >= 15 is 0 Å². The summed E-state index contributed by atoms with van der Waals surface area (Å²) < 4.78 is 5.64. The standard InChI is InChI=1S/C13H6Cl2N2O2/c14-9-3-1-2-7-4-10(19-12(7)9)11-8(5-18)13(15)17-6-16-11/h1-6H. The summed E-state index contributed by atoms with van der Waals surface area (Å²) in [5.41, 5.74) is 1.09. The van der Waals surface area contributed by atoms with Crippen LogP contribution in [0, 0.1) is 0 Å². The zero-order valence-corrected chi connectivity index (χ0v) is 10.9. The Morgan fingerprint density at radius 3 is 2.79 bits per heavy atom. The zero-order valence-electron chi connectivity index (χ0n) is 9.43. The van der Waals surface area contributed by atoms with Crippen molar-refractivity contribution in [2.45, 2.75) is 0 Å². The van der Waals surface area contributed by atoms with Crippen molar-refractivity contribution < 1.29 is 9.21 Å². The molecule has 1 aromatic carbocycles. The molecule has 0 aliphatic carbocycles. The van der Waals surface area contributed by atoms with Gasteiger partial charge in [0.15, 0.2) is 17.6 Å². The van der Waals surface area contributed by atoms with Crippen LogP contribution in [-0.4, -0.2) is 16.3 Å². The number of hydrogen-bond acceptors (Lipinski definition) is 4. The minimum absolute atomic E-state index is 0.0894. The van der Waals surface area contributed by atoms with Crippen LogP contribution >= 0.6 is 23.2 Å². The maximum atomic E-state index is 11.1. The maximum absolute atomic E-state index is 11.1. The van der Waals surface area contributed by atoms with Gasteiger partial charge in [0.1, 0.15) is 17.2 Å². The van der Waals surface area contributed by atoms with E-state index in [9.17, 15) is 4.79 Å². The van der Waals surface area contributed by atoms with Gasteiger partial charge in [0.05, 0.1) is 10.6 Å².